The van der Waals surface area contributed by atoms with Gasteiger partial charge < -0.3 is 9.88 Å². The molecule has 0 spiro atoms. The average Bonchev–Trinajstić information content (AvgIpc) is 3.25. The summed E-state index contributed by atoms with van der Waals surface area (Å²) < 4.78 is 4.02. The van der Waals surface area contributed by atoms with E-state index in [1.165, 1.54) is 0 Å². The quantitative estimate of drug-likeness (QED) is 0.711. The van der Waals surface area contributed by atoms with Gasteiger partial charge in [-0.25, -0.2) is 4.98 Å². The first-order chi connectivity index (χ1) is 12.5. The van der Waals surface area contributed by atoms with Crippen molar-refractivity contribution < 1.29 is 4.79 Å². The van der Waals surface area contributed by atoms with E-state index < -0.39 is 0 Å². The van der Waals surface area contributed by atoms with Gasteiger partial charge in [0.1, 0.15) is 0 Å². The topological polar surface area (TPSA) is 64.7 Å². The summed E-state index contributed by atoms with van der Waals surface area (Å²) in [5, 5.41) is 7.46. The summed E-state index contributed by atoms with van der Waals surface area (Å²) >= 11 is 0. The van der Waals surface area contributed by atoms with Gasteiger partial charge in [0.05, 0.1) is 18.6 Å². The number of hydrogen-bond acceptors (Lipinski definition) is 3. The third kappa shape index (κ3) is 4.39. The number of aryl methyl sites for hydroxylation is 2. The predicted octanol–water partition coefficient (Wildman–Crippen LogP) is 3.13. The van der Waals surface area contributed by atoms with E-state index in [-0.39, 0.29) is 5.91 Å². The minimum absolute atomic E-state index is 0.0412. The number of aromatic nitrogens is 4. The van der Waals surface area contributed by atoms with Crippen LogP contribution in [-0.2, 0) is 6.54 Å². The highest BCUT2D eigenvalue weighted by molar-refractivity contribution is 5.94. The average molecular weight is 351 g/mol. The van der Waals surface area contributed by atoms with Crippen LogP contribution >= 0.6 is 0 Å². The summed E-state index contributed by atoms with van der Waals surface area (Å²) in [4.78, 5) is 16.3. The largest absolute Gasteiger partial charge is 0.352 e. The van der Waals surface area contributed by atoms with E-state index in [9.17, 15) is 4.79 Å². The highest BCUT2D eigenvalue weighted by Crippen LogP contribution is 2.11. The number of rotatable bonds is 7. The zero-order valence-electron chi connectivity index (χ0n) is 15.5. The molecule has 3 rings (SSSR count). The smallest absolute Gasteiger partial charge is 0.251 e. The highest BCUT2D eigenvalue weighted by Gasteiger charge is 2.08. The molecular formula is C20H25N5O. The van der Waals surface area contributed by atoms with Gasteiger partial charge in [-0.3, -0.25) is 9.48 Å². The molecule has 1 atom stereocenters. The van der Waals surface area contributed by atoms with E-state index in [0.29, 0.717) is 24.7 Å². The number of hydrogen-bond donors (Lipinski definition) is 1. The van der Waals surface area contributed by atoms with Crippen LogP contribution in [0.25, 0.3) is 0 Å². The summed E-state index contributed by atoms with van der Waals surface area (Å²) in [6.07, 6.45) is 6.36. The lowest BCUT2D eigenvalue weighted by atomic mass is 10.1. The molecular weight excluding hydrogens is 326 g/mol. The molecule has 1 aromatic carbocycles. The Hall–Kier alpha value is -2.89. The molecule has 0 saturated carbocycles. The molecule has 6 heteroatoms. The summed E-state index contributed by atoms with van der Waals surface area (Å²) in [5.74, 6) is -0.0412. The van der Waals surface area contributed by atoms with E-state index >= 15 is 0 Å². The zero-order valence-corrected chi connectivity index (χ0v) is 15.5. The van der Waals surface area contributed by atoms with Crippen molar-refractivity contribution >= 4 is 5.91 Å². The Labute approximate surface area is 153 Å². The number of amides is 1. The first-order valence-corrected chi connectivity index (χ1v) is 8.88. The molecule has 136 valence electrons. The fraction of sp³-hybridized carbons (Fsp3) is 0.350. The van der Waals surface area contributed by atoms with E-state index in [1.807, 2.05) is 53.6 Å². The predicted molar refractivity (Wildman–Crippen MR) is 101 cm³/mol. The van der Waals surface area contributed by atoms with Crippen molar-refractivity contribution in [1.29, 1.82) is 0 Å². The fourth-order valence-electron chi connectivity index (χ4n) is 2.95. The molecule has 0 saturated heterocycles. The van der Waals surface area contributed by atoms with Crippen molar-refractivity contribution in [1.82, 2.24) is 24.6 Å². The van der Waals surface area contributed by atoms with Crippen molar-refractivity contribution in [2.45, 2.75) is 39.8 Å². The van der Waals surface area contributed by atoms with E-state index in [4.69, 9.17) is 0 Å². The second-order valence-electron chi connectivity index (χ2n) is 6.69. The molecule has 0 fully saturated rings. The number of nitrogens with zero attached hydrogens (tertiary/aromatic N) is 4. The van der Waals surface area contributed by atoms with Crippen LogP contribution in [0.4, 0.5) is 0 Å². The molecule has 1 N–H and O–H groups in total. The van der Waals surface area contributed by atoms with E-state index in [2.05, 4.69) is 28.4 Å². The van der Waals surface area contributed by atoms with Crippen molar-refractivity contribution in [3.8, 4) is 0 Å². The van der Waals surface area contributed by atoms with Crippen LogP contribution in [0.15, 0.2) is 49.1 Å². The second kappa shape index (κ2) is 7.99. The van der Waals surface area contributed by atoms with Gasteiger partial charge >= 0.3 is 0 Å². The number of carbonyl (C=O) groups is 1. The molecule has 26 heavy (non-hydrogen) atoms. The zero-order chi connectivity index (χ0) is 18.5. The Morgan fingerprint density at radius 1 is 1.23 bits per heavy atom. The molecule has 3 aromatic rings. The van der Waals surface area contributed by atoms with Crippen LogP contribution in [0.2, 0.25) is 0 Å². The Morgan fingerprint density at radius 2 is 2.00 bits per heavy atom. The van der Waals surface area contributed by atoms with Gasteiger partial charge in [0.2, 0.25) is 0 Å². The van der Waals surface area contributed by atoms with Crippen LogP contribution in [0, 0.1) is 13.8 Å². The maximum absolute atomic E-state index is 12.3. The van der Waals surface area contributed by atoms with Crippen LogP contribution in [0.1, 0.15) is 46.7 Å². The SMILES string of the molecule is Cc1cc(C)n(Cc2ccc(C(=O)NCC[C@H](C)n3ccnc3)cc2)n1. The lowest BCUT2D eigenvalue weighted by Crippen LogP contribution is -2.26. The Balaban J connectivity index is 1.51. The van der Waals surface area contributed by atoms with Gasteiger partial charge in [-0.2, -0.15) is 5.10 Å². The highest BCUT2D eigenvalue weighted by atomic mass is 16.1. The first kappa shape index (κ1) is 17.9. The van der Waals surface area contributed by atoms with Crippen LogP contribution < -0.4 is 5.32 Å². The van der Waals surface area contributed by atoms with E-state index in [1.54, 1.807) is 12.5 Å². The minimum atomic E-state index is -0.0412. The van der Waals surface area contributed by atoms with E-state index in [0.717, 1.165) is 23.4 Å². The standard InChI is InChI=1S/C20H25N5O/c1-15-12-17(3)25(23-15)13-18-4-6-19(7-5-18)20(26)22-9-8-16(2)24-11-10-21-14-24/h4-7,10-12,14,16H,8-9,13H2,1-3H3,(H,22,26)/t16-/m0/s1. The normalized spacial score (nSPS) is 12.1. The van der Waals surface area contributed by atoms with Crippen LogP contribution in [0.5, 0.6) is 0 Å². The molecule has 0 aliphatic rings. The van der Waals surface area contributed by atoms with Gasteiger partial charge in [-0.1, -0.05) is 12.1 Å². The first-order valence-electron chi connectivity index (χ1n) is 8.88. The molecule has 0 aliphatic carbocycles. The van der Waals surface area contributed by atoms with Crippen molar-refractivity contribution in [3.05, 3.63) is 71.6 Å². The fourth-order valence-corrected chi connectivity index (χ4v) is 2.95. The van der Waals surface area contributed by atoms with Gasteiger partial charge in [-0.05, 0) is 51.0 Å². The molecule has 2 heterocycles. The Morgan fingerprint density at radius 3 is 2.62 bits per heavy atom. The third-order valence-electron chi connectivity index (χ3n) is 4.53. The maximum Gasteiger partial charge on any atom is 0.251 e. The monoisotopic (exact) mass is 351 g/mol. The molecule has 1 amide bonds. The number of benzene rings is 1. The molecule has 0 bridgehead atoms. The summed E-state index contributed by atoms with van der Waals surface area (Å²) in [5.41, 5.74) is 3.96. The third-order valence-corrected chi connectivity index (χ3v) is 4.53. The number of nitrogens with one attached hydrogen (secondary N) is 1. The number of imidazole rings is 1. The summed E-state index contributed by atoms with van der Waals surface area (Å²) in [6.45, 7) is 7.49. The molecule has 0 radical (unpaired) electrons. The lowest BCUT2D eigenvalue weighted by molar-refractivity contribution is 0.0952. The number of carbonyl (C=O) groups excluding carboxylic acids is 1. The van der Waals surface area contributed by atoms with Crippen LogP contribution in [-0.4, -0.2) is 31.8 Å². The van der Waals surface area contributed by atoms with Crippen molar-refractivity contribution in [3.63, 3.8) is 0 Å². The minimum Gasteiger partial charge on any atom is -0.352 e. The van der Waals surface area contributed by atoms with Crippen molar-refractivity contribution in [2.75, 3.05) is 6.54 Å². The molecule has 0 unspecified atom stereocenters. The van der Waals surface area contributed by atoms with Gasteiger partial charge in [0, 0.05) is 36.2 Å². The van der Waals surface area contributed by atoms with Gasteiger partial charge in [0.25, 0.3) is 5.91 Å². The van der Waals surface area contributed by atoms with Crippen molar-refractivity contribution in [2.24, 2.45) is 0 Å². The lowest BCUT2D eigenvalue weighted by Gasteiger charge is -2.13. The molecule has 0 aliphatic heterocycles. The Kier molecular flexibility index (Phi) is 5.51. The molecule has 6 nitrogen and oxygen atoms in total. The second-order valence-corrected chi connectivity index (χ2v) is 6.69. The van der Waals surface area contributed by atoms with Gasteiger partial charge in [0.15, 0.2) is 0 Å². The Bertz CT molecular complexity index is 849. The summed E-state index contributed by atoms with van der Waals surface area (Å²) in [6, 6.07) is 10.1. The summed E-state index contributed by atoms with van der Waals surface area (Å²) in [7, 11) is 0. The maximum atomic E-state index is 12.3. The van der Waals surface area contributed by atoms with Crippen LogP contribution in [0.3, 0.4) is 0 Å². The molecule has 2 aromatic heterocycles. The van der Waals surface area contributed by atoms with Gasteiger partial charge in [-0.15, -0.1) is 0 Å².